The van der Waals surface area contributed by atoms with E-state index in [0.29, 0.717) is 46.4 Å². The van der Waals surface area contributed by atoms with Crippen molar-refractivity contribution in [2.75, 3.05) is 4.67 Å². The number of hydrogen-bond donors (Lipinski definition) is 0. The Hall–Kier alpha value is -6.89. The van der Waals surface area contributed by atoms with Crippen molar-refractivity contribution < 1.29 is 123 Å². The van der Waals surface area contributed by atoms with Gasteiger partial charge in [0.25, 0.3) is 0 Å². The minimum absolute atomic E-state index is 0.114. The molecule has 0 radical (unpaired) electrons. The summed E-state index contributed by atoms with van der Waals surface area (Å²) in [6.45, 7) is 1.86. The van der Waals surface area contributed by atoms with Crippen molar-refractivity contribution in [1.82, 2.24) is 0 Å². The number of alkyl halides is 26. The molecule has 3 nitrogen and oxygen atoms in total. The summed E-state index contributed by atoms with van der Waals surface area (Å²) in [5, 5.41) is 3.93. The summed E-state index contributed by atoms with van der Waals surface area (Å²) >= 11 is 0. The van der Waals surface area contributed by atoms with E-state index in [1.165, 1.54) is 24.3 Å². The lowest BCUT2D eigenvalue weighted by Gasteiger charge is -2.39. The van der Waals surface area contributed by atoms with Crippen molar-refractivity contribution in [3.63, 3.8) is 0 Å². The Balaban J connectivity index is 1.22. The van der Waals surface area contributed by atoms with E-state index in [1.807, 2.05) is 31.2 Å². The molecular weight excluding hydrogens is 1330 g/mol. The van der Waals surface area contributed by atoms with Crippen LogP contribution in [-0.4, -0.2) is 77.6 Å². The van der Waals surface area contributed by atoms with Crippen molar-refractivity contribution in [2.45, 2.75) is 129 Å². The van der Waals surface area contributed by atoms with E-state index in [-0.39, 0.29) is 32.8 Å². The molecule has 1 aliphatic heterocycles. The largest absolute Gasteiger partial charge is 0.460 e. The molecule has 2 heterocycles. The third kappa shape index (κ3) is 11.4. The molecule has 0 spiro atoms. The standard InChI is InChI=1S/C61H43F26NO2P2/c1-2-3-16-39-25-22-38-15-10-21-46(49(38)88(39)92-89-44-26-23-36-13-4-6-19-42(36)47(44)48-43-20-7-5-14-37(43)24-27-45(48)90-92)91(40-17-8-11-34(32-40)28-30-50(62,63)52(66,67)54(70,71)56(74,75)58(78,79)60(82,83)84)41-18-9-12-35(33-41)29-31-51(64,65)53(68,69)55(72,73)57(76,77)59(80,81)61(85,86)87/h4-15,17-27,32-33,39H,2-3,16,28-31H2,1H3. The van der Waals surface area contributed by atoms with Gasteiger partial charge >= 0.3 is 79.7 Å². The number of unbranched alkanes of at least 4 members (excludes halogenated alkanes) is 1. The van der Waals surface area contributed by atoms with E-state index in [9.17, 15) is 79.0 Å². The van der Waals surface area contributed by atoms with Crippen molar-refractivity contribution in [3.05, 3.63) is 162 Å². The summed E-state index contributed by atoms with van der Waals surface area (Å²) in [7, 11) is -5.16. The zero-order valence-electron chi connectivity index (χ0n) is 46.4. The SMILES string of the molecule is CCCCC1C=Cc2cccc(P(c3cccc(CCC(F)(F)C(F)(F)C(F)(F)C(F)(F)C(F)(F)C(F)(F)F)c3)c3cccc(CCC(F)(F)C(F)(F)C(F)(F)C(F)(F)C(F)(F)C(F)(F)F)c3)c2N1p1oc2ccc3ccccc3c2c2c(ccc3ccccc32)o1. The molecule has 1 unspecified atom stereocenters. The highest BCUT2D eigenvalue weighted by atomic mass is 31.1. The molecule has 0 amide bonds. The van der Waals surface area contributed by atoms with Crippen LogP contribution in [0, 0.1) is 0 Å². The van der Waals surface area contributed by atoms with Crippen LogP contribution in [0.1, 0.15) is 55.7 Å². The number of benzene rings is 7. The molecule has 0 saturated carbocycles. The smallest absolute Gasteiger partial charge is 0.404 e. The van der Waals surface area contributed by atoms with Crippen LogP contribution < -0.4 is 20.6 Å². The normalized spacial score (nSPS) is 15.6. The molecule has 0 fully saturated rings. The highest BCUT2D eigenvalue weighted by molar-refractivity contribution is 7.80. The van der Waals surface area contributed by atoms with Gasteiger partial charge in [0.05, 0.1) is 11.7 Å². The Morgan fingerprint density at radius 1 is 0.435 bits per heavy atom. The van der Waals surface area contributed by atoms with E-state index in [2.05, 4.69) is 0 Å². The third-order valence-corrected chi connectivity index (χ3v) is 19.5. The maximum absolute atomic E-state index is 15.4. The topological polar surface area (TPSA) is 29.5 Å². The van der Waals surface area contributed by atoms with Gasteiger partial charge in [0, 0.05) is 28.9 Å². The number of halogens is 26. The molecule has 0 bridgehead atoms. The number of para-hydroxylation sites is 1. The first-order valence-electron chi connectivity index (χ1n) is 27.1. The molecule has 1 aromatic heterocycles. The minimum atomic E-state index is -8.20. The van der Waals surface area contributed by atoms with E-state index in [4.69, 9.17) is 8.39 Å². The first-order chi connectivity index (χ1) is 42.4. The average molecular weight is 1380 g/mol. The fourth-order valence-electron chi connectivity index (χ4n) is 10.5. The van der Waals surface area contributed by atoms with Gasteiger partial charge in [0.1, 0.15) is 11.2 Å². The van der Waals surface area contributed by atoms with Crippen molar-refractivity contribution in [1.29, 1.82) is 0 Å². The Morgan fingerprint density at radius 2 is 0.837 bits per heavy atom. The second-order valence-corrected chi connectivity index (χ2v) is 25.0. The summed E-state index contributed by atoms with van der Waals surface area (Å²) in [5.74, 6) is -77.0. The highest BCUT2D eigenvalue weighted by Gasteiger charge is 2.92. The first-order valence-corrected chi connectivity index (χ1v) is 29.6. The Bertz CT molecular complexity index is 3900. The summed E-state index contributed by atoms with van der Waals surface area (Å²) in [6.07, 6.45) is -19.1. The number of aryl methyl sites for hydroxylation is 2. The van der Waals surface area contributed by atoms with Crippen LogP contribution in [0.5, 0.6) is 0 Å². The van der Waals surface area contributed by atoms with E-state index < -0.39 is 131 Å². The van der Waals surface area contributed by atoms with E-state index in [0.717, 1.165) is 47.2 Å². The second-order valence-electron chi connectivity index (χ2n) is 21.5. The molecule has 7 aromatic carbocycles. The van der Waals surface area contributed by atoms with Crippen molar-refractivity contribution in [2.24, 2.45) is 0 Å². The van der Waals surface area contributed by atoms with E-state index >= 15 is 35.1 Å². The predicted octanol–water partition coefficient (Wildman–Crippen LogP) is 21.6. The molecule has 8 aromatic rings. The van der Waals surface area contributed by atoms with Crippen LogP contribution in [0.25, 0.3) is 49.6 Å². The first kappa shape index (κ1) is 69.5. The predicted molar refractivity (Wildman–Crippen MR) is 295 cm³/mol. The lowest BCUT2D eigenvalue weighted by molar-refractivity contribution is -0.440. The highest BCUT2D eigenvalue weighted by Crippen LogP contribution is 2.63. The molecule has 1 atom stereocenters. The van der Waals surface area contributed by atoms with Crippen molar-refractivity contribution >= 4 is 87.2 Å². The average Bonchev–Trinajstić information content (AvgIpc) is 0.787. The molecular formula is C61H43F26NO2P2. The van der Waals surface area contributed by atoms with Crippen LogP contribution in [0.4, 0.5) is 120 Å². The summed E-state index contributed by atoms with van der Waals surface area (Å²) in [5.41, 5.74) is -0.119. The molecule has 31 heteroatoms. The minimum Gasteiger partial charge on any atom is -0.404 e. The van der Waals surface area contributed by atoms with Gasteiger partial charge in [-0.15, -0.1) is 0 Å². The maximum atomic E-state index is 15.4. The summed E-state index contributed by atoms with van der Waals surface area (Å²) in [6, 6.07) is 33.2. The van der Waals surface area contributed by atoms with Crippen LogP contribution in [-0.2, 0) is 12.8 Å². The van der Waals surface area contributed by atoms with Gasteiger partial charge in [-0.25, -0.2) is 0 Å². The molecule has 9 rings (SSSR count). The maximum Gasteiger partial charge on any atom is 0.460 e. The second kappa shape index (κ2) is 23.8. The summed E-state index contributed by atoms with van der Waals surface area (Å²) in [4.78, 5) is 0. The van der Waals surface area contributed by atoms with Crippen molar-refractivity contribution in [3.8, 4) is 0 Å². The molecule has 92 heavy (non-hydrogen) atoms. The van der Waals surface area contributed by atoms with E-state index in [1.54, 1.807) is 71.4 Å². The van der Waals surface area contributed by atoms with Gasteiger partial charge in [-0.1, -0.05) is 159 Å². The van der Waals surface area contributed by atoms with Gasteiger partial charge in [-0.2, -0.15) is 114 Å². The number of anilines is 1. The number of hydrogen-bond acceptors (Lipinski definition) is 3. The van der Waals surface area contributed by atoms with Crippen LogP contribution in [0.15, 0.2) is 154 Å². The fraction of sp³-hybridized carbons (Fsp3) is 0.344. The number of fused-ring (bicyclic) bond motifs is 8. The number of nitrogens with zero attached hydrogens (tertiary/aromatic N) is 1. The molecule has 0 N–H and O–H groups in total. The monoisotopic (exact) mass is 1380 g/mol. The Morgan fingerprint density at radius 3 is 1.25 bits per heavy atom. The number of rotatable bonds is 21. The van der Waals surface area contributed by atoms with Gasteiger partial charge in [0.2, 0.25) is 0 Å². The zero-order chi connectivity index (χ0) is 68.0. The van der Waals surface area contributed by atoms with Gasteiger partial charge in [-0.3, -0.25) is 4.67 Å². The molecule has 496 valence electrons. The van der Waals surface area contributed by atoms with Crippen LogP contribution >= 0.6 is 16.1 Å². The zero-order valence-corrected chi connectivity index (χ0v) is 48.2. The van der Waals surface area contributed by atoms with Crippen LogP contribution in [0.3, 0.4) is 0 Å². The molecule has 0 aliphatic carbocycles. The lowest BCUT2D eigenvalue weighted by atomic mass is 9.91. The lowest BCUT2D eigenvalue weighted by Crippen LogP contribution is -2.70. The van der Waals surface area contributed by atoms with Gasteiger partial charge in [-0.05, 0) is 88.2 Å². The molecule has 1 aliphatic rings. The van der Waals surface area contributed by atoms with Gasteiger partial charge < -0.3 is 8.39 Å². The molecule has 0 saturated heterocycles. The Labute approximate surface area is 505 Å². The quantitative estimate of drug-likeness (QED) is 0.0530. The van der Waals surface area contributed by atoms with Gasteiger partial charge in [0.15, 0.2) is 0 Å². The van der Waals surface area contributed by atoms with Crippen LogP contribution in [0.2, 0.25) is 0 Å². The Kier molecular flexibility index (Phi) is 18.0. The summed E-state index contributed by atoms with van der Waals surface area (Å²) < 4.78 is 385. The third-order valence-electron chi connectivity index (χ3n) is 15.5. The fourth-order valence-corrected chi connectivity index (χ4v) is 14.9.